The predicted octanol–water partition coefficient (Wildman–Crippen LogP) is 3.43. The molecule has 86 valence electrons. The molecule has 0 N–H and O–H groups in total. The lowest BCUT2D eigenvalue weighted by molar-refractivity contribution is 0.913. The van der Waals surface area contributed by atoms with E-state index in [4.69, 9.17) is 0 Å². The Balaban J connectivity index is 0.000000921. The molecular weight excluding hydrogens is 184 g/mol. The summed E-state index contributed by atoms with van der Waals surface area (Å²) in [6, 6.07) is 2.22. The Morgan fingerprint density at radius 1 is 1.27 bits per heavy atom. The molecule has 2 heteroatoms. The molecule has 0 aliphatic rings. The molecule has 1 heterocycles. The molecule has 0 aliphatic heterocycles. The van der Waals surface area contributed by atoms with Crippen molar-refractivity contribution in [2.75, 3.05) is 18.5 Å². The van der Waals surface area contributed by atoms with Crippen LogP contribution in [0.4, 0.5) is 5.82 Å². The van der Waals surface area contributed by atoms with Crippen LogP contribution in [0.3, 0.4) is 0 Å². The van der Waals surface area contributed by atoms with E-state index in [1.165, 1.54) is 11.1 Å². The summed E-state index contributed by atoms with van der Waals surface area (Å²) in [6.45, 7) is 11.4. The molecule has 15 heavy (non-hydrogen) atoms. The van der Waals surface area contributed by atoms with Gasteiger partial charge in [0.05, 0.1) is 0 Å². The van der Waals surface area contributed by atoms with Crippen LogP contribution in [0.2, 0.25) is 0 Å². The van der Waals surface area contributed by atoms with Gasteiger partial charge in [0.15, 0.2) is 0 Å². The highest BCUT2D eigenvalue weighted by Crippen LogP contribution is 2.17. The van der Waals surface area contributed by atoms with E-state index in [2.05, 4.69) is 43.8 Å². The van der Waals surface area contributed by atoms with Gasteiger partial charge in [-0.05, 0) is 31.4 Å². The van der Waals surface area contributed by atoms with Crippen molar-refractivity contribution < 1.29 is 0 Å². The number of rotatable bonds is 3. The fraction of sp³-hybridized carbons (Fsp3) is 0.615. The lowest BCUT2D eigenvalue weighted by atomic mass is 10.1. The standard InChI is InChI=1S/C11H18N2.C2H6/c1-5-10-7-9(3)8-12-11(10)13(4)6-2;1-2/h7-8H,5-6H2,1-4H3;1-2H3. The van der Waals surface area contributed by atoms with Crippen LogP contribution in [-0.2, 0) is 6.42 Å². The van der Waals surface area contributed by atoms with Crippen molar-refractivity contribution in [1.29, 1.82) is 0 Å². The van der Waals surface area contributed by atoms with Gasteiger partial charge in [-0.15, -0.1) is 0 Å². The van der Waals surface area contributed by atoms with Crippen molar-refractivity contribution in [2.45, 2.75) is 41.0 Å². The number of aromatic nitrogens is 1. The molecule has 0 unspecified atom stereocenters. The smallest absolute Gasteiger partial charge is 0.131 e. The van der Waals surface area contributed by atoms with Crippen LogP contribution >= 0.6 is 0 Å². The quantitative estimate of drug-likeness (QED) is 0.756. The molecule has 0 radical (unpaired) electrons. The highest BCUT2D eigenvalue weighted by atomic mass is 15.2. The van der Waals surface area contributed by atoms with Gasteiger partial charge >= 0.3 is 0 Å². The van der Waals surface area contributed by atoms with Gasteiger partial charge in [-0.25, -0.2) is 4.98 Å². The minimum Gasteiger partial charge on any atom is -0.360 e. The molecular formula is C13H24N2. The van der Waals surface area contributed by atoms with Crippen molar-refractivity contribution in [3.05, 3.63) is 23.4 Å². The molecule has 0 bridgehead atoms. The Kier molecular flexibility index (Phi) is 6.76. The van der Waals surface area contributed by atoms with E-state index in [0.29, 0.717) is 0 Å². The van der Waals surface area contributed by atoms with Crippen LogP contribution in [0.15, 0.2) is 12.3 Å². The van der Waals surface area contributed by atoms with Gasteiger partial charge in [0.25, 0.3) is 0 Å². The fourth-order valence-electron chi connectivity index (χ4n) is 1.38. The lowest BCUT2D eigenvalue weighted by Gasteiger charge is -2.18. The van der Waals surface area contributed by atoms with Gasteiger partial charge in [-0.3, -0.25) is 0 Å². The first-order valence-corrected chi connectivity index (χ1v) is 5.85. The Morgan fingerprint density at radius 3 is 2.33 bits per heavy atom. The topological polar surface area (TPSA) is 16.1 Å². The number of anilines is 1. The first-order valence-electron chi connectivity index (χ1n) is 5.85. The molecule has 1 aromatic rings. The fourth-order valence-corrected chi connectivity index (χ4v) is 1.38. The molecule has 1 aromatic heterocycles. The zero-order valence-electron chi connectivity index (χ0n) is 11.0. The number of aryl methyl sites for hydroxylation is 2. The Morgan fingerprint density at radius 2 is 1.87 bits per heavy atom. The van der Waals surface area contributed by atoms with E-state index in [1.807, 2.05) is 20.0 Å². The molecule has 2 nitrogen and oxygen atoms in total. The molecule has 0 atom stereocenters. The molecule has 0 spiro atoms. The van der Waals surface area contributed by atoms with E-state index < -0.39 is 0 Å². The summed E-state index contributed by atoms with van der Waals surface area (Å²) >= 11 is 0. The van der Waals surface area contributed by atoms with Gasteiger partial charge in [0.2, 0.25) is 0 Å². The monoisotopic (exact) mass is 208 g/mol. The molecule has 0 aliphatic carbocycles. The molecule has 0 saturated heterocycles. The minimum absolute atomic E-state index is 1.00. The van der Waals surface area contributed by atoms with E-state index in [0.717, 1.165) is 18.8 Å². The van der Waals surface area contributed by atoms with Crippen LogP contribution in [0.5, 0.6) is 0 Å². The van der Waals surface area contributed by atoms with Crippen molar-refractivity contribution in [3.63, 3.8) is 0 Å². The first kappa shape index (κ1) is 13.9. The van der Waals surface area contributed by atoms with E-state index in [9.17, 15) is 0 Å². The summed E-state index contributed by atoms with van der Waals surface area (Å²) in [6.07, 6.45) is 2.98. The molecule has 0 saturated carbocycles. The Hall–Kier alpha value is -1.05. The molecule has 0 aromatic carbocycles. The maximum Gasteiger partial charge on any atom is 0.131 e. The lowest BCUT2D eigenvalue weighted by Crippen LogP contribution is -2.19. The first-order chi connectivity index (χ1) is 7.19. The summed E-state index contributed by atoms with van der Waals surface area (Å²) in [5.41, 5.74) is 2.58. The number of hydrogen-bond donors (Lipinski definition) is 0. The van der Waals surface area contributed by atoms with Crippen LogP contribution in [0.25, 0.3) is 0 Å². The number of nitrogens with zero attached hydrogens (tertiary/aromatic N) is 2. The maximum absolute atomic E-state index is 4.45. The summed E-state index contributed by atoms with van der Waals surface area (Å²) in [7, 11) is 2.08. The third-order valence-electron chi connectivity index (χ3n) is 2.30. The van der Waals surface area contributed by atoms with Crippen LogP contribution in [-0.4, -0.2) is 18.6 Å². The van der Waals surface area contributed by atoms with Gasteiger partial charge in [0.1, 0.15) is 5.82 Å². The summed E-state index contributed by atoms with van der Waals surface area (Å²) < 4.78 is 0. The maximum atomic E-state index is 4.45. The number of pyridine rings is 1. The summed E-state index contributed by atoms with van der Waals surface area (Å²) in [4.78, 5) is 6.62. The highest BCUT2D eigenvalue weighted by molar-refractivity contribution is 5.47. The molecule has 1 rings (SSSR count). The molecule has 0 amide bonds. The van der Waals surface area contributed by atoms with Gasteiger partial charge in [-0.1, -0.05) is 26.8 Å². The third-order valence-corrected chi connectivity index (χ3v) is 2.30. The predicted molar refractivity (Wildman–Crippen MR) is 68.6 cm³/mol. The minimum atomic E-state index is 1.00. The number of hydrogen-bond acceptors (Lipinski definition) is 2. The summed E-state index contributed by atoms with van der Waals surface area (Å²) in [5.74, 6) is 1.12. The van der Waals surface area contributed by atoms with E-state index in [1.54, 1.807) is 0 Å². The van der Waals surface area contributed by atoms with Crippen LogP contribution < -0.4 is 4.90 Å². The van der Waals surface area contributed by atoms with E-state index >= 15 is 0 Å². The van der Waals surface area contributed by atoms with Crippen molar-refractivity contribution in [3.8, 4) is 0 Å². The molecule has 0 fully saturated rings. The Bertz CT molecular complexity index is 282. The second-order valence-electron chi connectivity index (χ2n) is 3.36. The van der Waals surface area contributed by atoms with Crippen LogP contribution in [0.1, 0.15) is 38.8 Å². The SMILES string of the molecule is CC.CCc1cc(C)cnc1N(C)CC. The van der Waals surface area contributed by atoms with Gasteiger partial charge in [0, 0.05) is 19.8 Å². The largest absolute Gasteiger partial charge is 0.360 e. The van der Waals surface area contributed by atoms with Crippen LogP contribution in [0, 0.1) is 6.92 Å². The second kappa shape index (κ2) is 7.27. The van der Waals surface area contributed by atoms with Crippen molar-refractivity contribution >= 4 is 5.82 Å². The average Bonchev–Trinajstić information content (AvgIpc) is 2.30. The Labute approximate surface area is 94.3 Å². The zero-order chi connectivity index (χ0) is 11.8. The van der Waals surface area contributed by atoms with Gasteiger partial charge < -0.3 is 4.90 Å². The summed E-state index contributed by atoms with van der Waals surface area (Å²) in [5, 5.41) is 0. The van der Waals surface area contributed by atoms with Gasteiger partial charge in [-0.2, -0.15) is 0 Å². The second-order valence-corrected chi connectivity index (χ2v) is 3.36. The zero-order valence-corrected chi connectivity index (χ0v) is 11.0. The normalized spacial score (nSPS) is 9.20. The van der Waals surface area contributed by atoms with Crippen molar-refractivity contribution in [2.24, 2.45) is 0 Å². The third kappa shape index (κ3) is 3.90. The highest BCUT2D eigenvalue weighted by Gasteiger charge is 2.05. The van der Waals surface area contributed by atoms with Crippen molar-refractivity contribution in [1.82, 2.24) is 4.98 Å². The average molecular weight is 208 g/mol. The van der Waals surface area contributed by atoms with E-state index in [-0.39, 0.29) is 0 Å².